The second-order valence-corrected chi connectivity index (χ2v) is 9.65. The molecule has 0 aromatic heterocycles. The van der Waals surface area contributed by atoms with Crippen molar-refractivity contribution in [1.29, 1.82) is 0 Å². The number of sulfonamides is 1. The van der Waals surface area contributed by atoms with Gasteiger partial charge in [0.1, 0.15) is 0 Å². The Bertz CT molecular complexity index is 1260. The smallest absolute Gasteiger partial charge is 0.255 e. The van der Waals surface area contributed by atoms with Crippen molar-refractivity contribution >= 4 is 22.1 Å². The van der Waals surface area contributed by atoms with Crippen molar-refractivity contribution in [2.24, 2.45) is 5.10 Å². The topological polar surface area (TPSA) is 97.3 Å². The third-order valence-corrected chi connectivity index (χ3v) is 6.88. The van der Waals surface area contributed by atoms with Crippen LogP contribution >= 0.6 is 0 Å². The zero-order chi connectivity index (χ0) is 25.3. The van der Waals surface area contributed by atoms with Crippen molar-refractivity contribution in [3.05, 3.63) is 89.5 Å². The molecule has 0 aliphatic heterocycles. The maximum atomic E-state index is 13.3. The summed E-state index contributed by atoms with van der Waals surface area (Å²) in [7, 11) is -2.37. The first-order valence-electron chi connectivity index (χ1n) is 11.1. The van der Waals surface area contributed by atoms with Crippen molar-refractivity contribution < 1.29 is 22.7 Å². The number of benzene rings is 3. The molecule has 0 fully saturated rings. The molecule has 35 heavy (non-hydrogen) atoms. The van der Waals surface area contributed by atoms with Crippen LogP contribution in [0, 0.1) is 6.92 Å². The number of hydrogen-bond donors (Lipinski definition) is 1. The van der Waals surface area contributed by atoms with E-state index in [1.54, 1.807) is 36.4 Å². The Hall–Kier alpha value is -3.69. The second-order valence-electron chi connectivity index (χ2n) is 7.71. The molecule has 184 valence electrons. The largest absolute Gasteiger partial charge is 0.493 e. The molecule has 0 radical (unpaired) electrons. The molecule has 8 nitrogen and oxygen atoms in total. The van der Waals surface area contributed by atoms with Gasteiger partial charge in [0, 0.05) is 6.54 Å². The minimum atomic E-state index is -3.91. The molecule has 1 N–H and O–H groups in total. The molecule has 0 aliphatic carbocycles. The highest BCUT2D eigenvalue weighted by Gasteiger charge is 2.26. The average molecular weight is 496 g/mol. The summed E-state index contributed by atoms with van der Waals surface area (Å²) in [6.07, 6.45) is 1.45. The van der Waals surface area contributed by atoms with E-state index in [-0.39, 0.29) is 11.4 Å². The van der Waals surface area contributed by atoms with Crippen molar-refractivity contribution in [2.45, 2.75) is 25.3 Å². The Morgan fingerprint density at radius 1 is 1.03 bits per heavy atom. The maximum Gasteiger partial charge on any atom is 0.255 e. The van der Waals surface area contributed by atoms with Crippen LogP contribution in [0.4, 0.5) is 0 Å². The lowest BCUT2D eigenvalue weighted by Gasteiger charge is -2.21. The molecule has 0 saturated heterocycles. The van der Waals surface area contributed by atoms with Gasteiger partial charge in [-0.25, -0.2) is 13.8 Å². The molecule has 3 rings (SSSR count). The minimum absolute atomic E-state index is 0.0464. The molecule has 0 unspecified atom stereocenters. The molecule has 0 atom stereocenters. The standard InChI is InChI=1S/C26H29N3O5S/c1-4-34-24-15-14-22(16-25(24)33-3)17-27-28-26(30)19-29(18-21-12-10-20(2)11-13-21)35(31,32)23-8-6-5-7-9-23/h5-17H,4,18-19H2,1-3H3,(H,28,30)/b27-17-. The van der Waals surface area contributed by atoms with E-state index >= 15 is 0 Å². The first-order chi connectivity index (χ1) is 16.8. The molecule has 3 aromatic rings. The number of ether oxygens (including phenoxy) is 2. The van der Waals surface area contributed by atoms with Crippen LogP contribution < -0.4 is 14.9 Å². The number of hydrazone groups is 1. The molecule has 0 bridgehead atoms. The average Bonchev–Trinajstić information content (AvgIpc) is 2.86. The molecular formula is C26H29N3O5S. The van der Waals surface area contributed by atoms with E-state index in [0.29, 0.717) is 23.7 Å². The summed E-state index contributed by atoms with van der Waals surface area (Å²) in [6, 6.07) is 20.8. The highest BCUT2D eigenvalue weighted by Crippen LogP contribution is 2.27. The zero-order valence-corrected chi connectivity index (χ0v) is 20.8. The van der Waals surface area contributed by atoms with Gasteiger partial charge in [-0.1, -0.05) is 48.0 Å². The van der Waals surface area contributed by atoms with E-state index in [0.717, 1.165) is 15.4 Å². The van der Waals surface area contributed by atoms with Gasteiger partial charge in [0.25, 0.3) is 5.91 Å². The number of aryl methyl sites for hydroxylation is 1. The van der Waals surface area contributed by atoms with Crippen molar-refractivity contribution in [3.63, 3.8) is 0 Å². The minimum Gasteiger partial charge on any atom is -0.493 e. The molecule has 3 aromatic carbocycles. The summed E-state index contributed by atoms with van der Waals surface area (Å²) < 4.78 is 38.5. The summed E-state index contributed by atoms with van der Waals surface area (Å²) >= 11 is 0. The normalized spacial score (nSPS) is 11.5. The summed E-state index contributed by atoms with van der Waals surface area (Å²) in [4.78, 5) is 12.8. The van der Waals surface area contributed by atoms with Gasteiger partial charge < -0.3 is 9.47 Å². The predicted molar refractivity (Wildman–Crippen MR) is 135 cm³/mol. The van der Waals surface area contributed by atoms with E-state index in [9.17, 15) is 13.2 Å². The lowest BCUT2D eigenvalue weighted by molar-refractivity contribution is -0.121. The molecule has 1 amide bonds. The van der Waals surface area contributed by atoms with E-state index in [1.165, 1.54) is 25.5 Å². The number of nitrogens with one attached hydrogen (secondary N) is 1. The fraction of sp³-hybridized carbons (Fsp3) is 0.231. The van der Waals surface area contributed by atoms with Gasteiger partial charge in [-0.05, 0) is 55.3 Å². The van der Waals surface area contributed by atoms with Crippen LogP contribution in [0.2, 0.25) is 0 Å². The van der Waals surface area contributed by atoms with Crippen molar-refractivity contribution in [2.75, 3.05) is 20.3 Å². The number of rotatable bonds is 11. The SMILES string of the molecule is CCOc1ccc(/C=N\NC(=O)CN(Cc2ccc(C)cc2)S(=O)(=O)c2ccccc2)cc1OC. The monoisotopic (exact) mass is 495 g/mol. The lowest BCUT2D eigenvalue weighted by atomic mass is 10.1. The summed E-state index contributed by atoms with van der Waals surface area (Å²) in [5, 5.41) is 3.98. The quantitative estimate of drug-likeness (QED) is 0.323. The molecule has 0 saturated carbocycles. The van der Waals surface area contributed by atoms with Gasteiger partial charge in [-0.2, -0.15) is 9.41 Å². The number of nitrogens with zero attached hydrogens (tertiary/aromatic N) is 2. The fourth-order valence-electron chi connectivity index (χ4n) is 3.28. The van der Waals surface area contributed by atoms with Gasteiger partial charge in [-0.15, -0.1) is 0 Å². The molecule has 9 heteroatoms. The number of carbonyl (C=O) groups is 1. The van der Waals surface area contributed by atoms with Crippen LogP contribution in [-0.2, 0) is 21.4 Å². The van der Waals surface area contributed by atoms with Crippen LogP contribution in [-0.4, -0.2) is 45.1 Å². The van der Waals surface area contributed by atoms with Crippen LogP contribution in [0.5, 0.6) is 11.5 Å². The molecule has 0 aliphatic rings. The van der Waals surface area contributed by atoms with E-state index < -0.39 is 22.5 Å². The molecule has 0 heterocycles. The second kappa shape index (κ2) is 12.1. The fourth-order valence-corrected chi connectivity index (χ4v) is 4.68. The Balaban J connectivity index is 1.74. The van der Waals surface area contributed by atoms with Crippen molar-refractivity contribution in [3.8, 4) is 11.5 Å². The summed E-state index contributed by atoms with van der Waals surface area (Å²) in [5.41, 5.74) is 4.92. The van der Waals surface area contributed by atoms with Gasteiger partial charge in [0.15, 0.2) is 11.5 Å². The predicted octanol–water partition coefficient (Wildman–Crippen LogP) is 3.74. The van der Waals surface area contributed by atoms with E-state index in [2.05, 4.69) is 10.5 Å². The number of carbonyl (C=O) groups excluding carboxylic acids is 1. The maximum absolute atomic E-state index is 13.3. The third-order valence-electron chi connectivity index (χ3n) is 5.07. The first-order valence-corrected chi connectivity index (χ1v) is 12.5. The zero-order valence-electron chi connectivity index (χ0n) is 20.0. The Morgan fingerprint density at radius 2 is 1.74 bits per heavy atom. The number of amides is 1. The Kier molecular flexibility index (Phi) is 8.99. The van der Waals surface area contributed by atoms with Crippen LogP contribution in [0.1, 0.15) is 23.6 Å². The lowest BCUT2D eigenvalue weighted by Crippen LogP contribution is -2.39. The van der Waals surface area contributed by atoms with Crippen LogP contribution in [0.25, 0.3) is 0 Å². The van der Waals surface area contributed by atoms with Crippen LogP contribution in [0.3, 0.4) is 0 Å². The number of methoxy groups -OCH3 is 1. The number of hydrogen-bond acceptors (Lipinski definition) is 6. The Labute approximate surface area is 206 Å². The van der Waals surface area contributed by atoms with E-state index in [1.807, 2.05) is 38.1 Å². The van der Waals surface area contributed by atoms with Gasteiger partial charge in [0.05, 0.1) is 31.4 Å². The summed E-state index contributed by atoms with van der Waals surface area (Å²) in [5.74, 6) is 0.583. The van der Waals surface area contributed by atoms with Gasteiger partial charge >= 0.3 is 0 Å². The van der Waals surface area contributed by atoms with Gasteiger partial charge in [0.2, 0.25) is 10.0 Å². The first kappa shape index (κ1) is 25.9. The Morgan fingerprint density at radius 3 is 2.40 bits per heavy atom. The van der Waals surface area contributed by atoms with Gasteiger partial charge in [-0.3, -0.25) is 4.79 Å². The molecular weight excluding hydrogens is 466 g/mol. The highest BCUT2D eigenvalue weighted by molar-refractivity contribution is 7.89. The highest BCUT2D eigenvalue weighted by atomic mass is 32.2. The third kappa shape index (κ3) is 7.14. The van der Waals surface area contributed by atoms with Crippen LogP contribution in [0.15, 0.2) is 82.8 Å². The van der Waals surface area contributed by atoms with E-state index in [4.69, 9.17) is 9.47 Å². The summed E-state index contributed by atoms with van der Waals surface area (Å²) in [6.45, 7) is 3.99. The molecule has 0 spiro atoms. The van der Waals surface area contributed by atoms with Crippen molar-refractivity contribution in [1.82, 2.24) is 9.73 Å².